The average Bonchev–Trinajstić information content (AvgIpc) is 1.73. The molecule has 0 amide bonds. The molecule has 12 aliphatic heterocycles. The maximum atomic E-state index is 11.5. The Hall–Kier alpha value is -10.4. The fourth-order valence-corrected chi connectivity index (χ4v) is 31.6. The number of rotatable bonds is 0. The minimum Gasteiger partial charge on any atom is -0.492 e. The molecule has 2 atom stereocenters. The van der Waals surface area contributed by atoms with Crippen LogP contribution in [0, 0.1) is 0 Å². The van der Waals surface area contributed by atoms with Crippen LogP contribution in [-0.4, -0.2) is 200 Å². The molecule has 26 nitrogen and oxygen atoms in total. The van der Waals surface area contributed by atoms with Crippen molar-refractivity contribution in [3.63, 3.8) is 0 Å². The van der Waals surface area contributed by atoms with Gasteiger partial charge < -0.3 is 60.3 Å². The highest BCUT2D eigenvalue weighted by Crippen LogP contribution is 2.39. The van der Waals surface area contributed by atoms with Gasteiger partial charge in [0.15, 0.2) is 75.6 Å². The van der Waals surface area contributed by atoms with E-state index < -0.39 is 85.7 Å². The van der Waals surface area contributed by atoms with E-state index in [0.29, 0.717) is 47.7 Å². The lowest BCUT2D eigenvalue weighted by molar-refractivity contribution is 0.171. The van der Waals surface area contributed by atoms with Crippen molar-refractivity contribution in [2.75, 3.05) is 173 Å². The maximum absolute atomic E-state index is 11.5. The van der Waals surface area contributed by atoms with Crippen LogP contribution < -0.4 is 60.3 Å². The van der Waals surface area contributed by atoms with Gasteiger partial charge in [0.05, 0.1) is 120 Å². The first-order valence-electron chi connectivity index (χ1n) is 42.3. The van der Waals surface area contributed by atoms with Crippen LogP contribution in [0.5, 0.6) is 34.5 Å². The quantitative estimate of drug-likeness (QED) is 0.0821. The van der Waals surface area contributed by atoms with Crippen LogP contribution >= 0.6 is 47.0 Å². The van der Waals surface area contributed by atoms with Crippen molar-refractivity contribution in [2.45, 2.75) is 58.7 Å². The van der Waals surface area contributed by atoms with E-state index in [2.05, 4.69) is 98.6 Å². The van der Waals surface area contributed by atoms with Crippen molar-refractivity contribution in [1.82, 2.24) is 0 Å². The maximum Gasteiger partial charge on any atom is 0.194 e. The molecule has 0 radical (unpaired) electrons. The number of para-hydroxylation sites is 12. The summed E-state index contributed by atoms with van der Waals surface area (Å²) in [7, 11) is -21.7. The fourth-order valence-electron chi connectivity index (χ4n) is 13.8. The van der Waals surface area contributed by atoms with Crippen LogP contribution in [0.15, 0.2) is 350 Å². The van der Waals surface area contributed by atoms with E-state index in [1.165, 1.54) is 102 Å². The molecule has 702 valence electrons. The zero-order valence-corrected chi connectivity index (χ0v) is 81.8. The van der Waals surface area contributed by atoms with Crippen LogP contribution in [0.2, 0.25) is 0 Å². The van der Waals surface area contributed by atoms with Gasteiger partial charge in [0.25, 0.3) is 0 Å². The van der Waals surface area contributed by atoms with Crippen LogP contribution in [-0.2, 0) is 80.6 Å². The number of ether oxygens (including phenoxy) is 6. The molecular weight excluding hydrogens is 1930 g/mol. The van der Waals surface area contributed by atoms with Crippen LogP contribution in [0.1, 0.15) is 0 Å². The molecule has 12 aromatic carbocycles. The van der Waals surface area contributed by atoms with Crippen LogP contribution in [0.25, 0.3) is 0 Å². The molecule has 12 aliphatic rings. The zero-order valence-electron chi connectivity index (χ0n) is 72.0. The first-order chi connectivity index (χ1) is 64.3. The number of hydrogen-bond acceptors (Lipinski definition) is 30. The molecule has 0 saturated heterocycles. The molecule has 133 heavy (non-hydrogen) atoms. The Morgan fingerprint density at radius 2 is 0.586 bits per heavy atom. The molecule has 0 bridgehead atoms. The highest BCUT2D eigenvalue weighted by molar-refractivity contribution is 8.10. The van der Waals surface area contributed by atoms with E-state index >= 15 is 0 Å². The summed E-state index contributed by atoms with van der Waals surface area (Å²) in [5.74, 6) is 10.8. The molecule has 0 aromatic heterocycles. The predicted molar refractivity (Wildman–Crippen MR) is 534 cm³/mol. The van der Waals surface area contributed by atoms with Crippen molar-refractivity contribution < 1.29 is 87.3 Å². The molecule has 24 rings (SSSR count). The molecule has 6 N–H and O–H groups in total. The Bertz CT molecular complexity index is 5970. The average molecular weight is 2030 g/mol. The number of anilines is 6. The number of hydrogen-bond donors (Lipinski definition) is 6. The number of benzene rings is 12. The Balaban J connectivity index is 0.000000123. The second-order valence-corrected chi connectivity index (χ2v) is 49.6. The molecular formula is C95H100N6O20S12. The summed E-state index contributed by atoms with van der Waals surface area (Å²) in [5, 5.41) is 18.6. The molecule has 12 heterocycles. The highest BCUT2D eigenvalue weighted by atomic mass is 32.3. The lowest BCUT2D eigenvalue weighted by Crippen LogP contribution is -2.25. The first kappa shape index (κ1) is 100. The molecule has 12 aromatic rings. The van der Waals surface area contributed by atoms with Gasteiger partial charge in [-0.25, -0.2) is 50.5 Å². The summed E-state index contributed by atoms with van der Waals surface area (Å²) in [6.07, 6.45) is 0. The third-order valence-corrected chi connectivity index (χ3v) is 39.7. The van der Waals surface area contributed by atoms with Crippen molar-refractivity contribution in [2.24, 2.45) is 0 Å². The molecule has 0 fully saturated rings. The lowest BCUT2D eigenvalue weighted by Gasteiger charge is -2.18. The minimum atomic E-state index is -3.60. The van der Waals surface area contributed by atoms with Crippen molar-refractivity contribution in [3.05, 3.63) is 291 Å². The summed E-state index contributed by atoms with van der Waals surface area (Å²) in [4.78, 5) is 7.81. The summed E-state index contributed by atoms with van der Waals surface area (Å²) < 4.78 is 191. The molecule has 2 unspecified atom stereocenters. The van der Waals surface area contributed by atoms with Gasteiger partial charge in [0.1, 0.15) is 60.9 Å². The van der Waals surface area contributed by atoms with Crippen LogP contribution in [0.3, 0.4) is 0 Å². The third kappa shape index (κ3) is 28.6. The SMILES string of the molecule is O=S1(=O)CCNc2ccccc21.O=S1(=O)CCOc2ccccc21.O=S1(=O)CCS(=O)(=O)c2ccccc21.O=S1(=O)CS(=O)(=O)c2ccccc21.O=S1CCNc2ccccc21.O=S1CCOc2ccccc21.c1ccc2c(c1)NCCN2.c1ccc2c(c1)NCCO2.c1ccc2c(c1)NCCS2.c1ccc2c(c1)OCCO2.c1ccc2c(c1)OCCS2.c1ccc2c(c1)SCCS2. The number of nitrogens with one attached hydrogen (secondary N) is 6. The zero-order chi connectivity index (χ0) is 93.5. The second-order valence-electron chi connectivity index (χ2n) is 29.4. The summed E-state index contributed by atoms with van der Waals surface area (Å²) >= 11 is 7.73. The van der Waals surface area contributed by atoms with E-state index in [1.807, 2.05) is 181 Å². The monoisotopic (exact) mass is 2030 g/mol. The van der Waals surface area contributed by atoms with Crippen LogP contribution in [0.4, 0.5) is 34.1 Å². The van der Waals surface area contributed by atoms with Gasteiger partial charge in [0, 0.05) is 93.3 Å². The highest BCUT2D eigenvalue weighted by Gasteiger charge is 2.38. The summed E-state index contributed by atoms with van der Waals surface area (Å²) in [6, 6.07) is 89.4. The normalized spacial score (nSPS) is 18.6. The van der Waals surface area contributed by atoms with Gasteiger partial charge >= 0.3 is 0 Å². The van der Waals surface area contributed by atoms with Gasteiger partial charge in [-0.05, 0) is 146 Å². The number of fused-ring (bicyclic) bond motifs is 12. The summed E-state index contributed by atoms with van der Waals surface area (Å²) in [5.41, 5.74) is 6.58. The largest absolute Gasteiger partial charge is 0.492 e. The number of thioether (sulfide) groups is 4. The topological polar surface area (TPSA) is 367 Å². The van der Waals surface area contributed by atoms with Gasteiger partial charge in [0.2, 0.25) is 0 Å². The van der Waals surface area contributed by atoms with Gasteiger partial charge in [-0.1, -0.05) is 146 Å². The smallest absolute Gasteiger partial charge is 0.194 e. The first-order valence-corrected chi connectivity index (χ1v) is 58.7. The van der Waals surface area contributed by atoms with Crippen molar-refractivity contribution in [1.29, 1.82) is 0 Å². The second kappa shape index (κ2) is 48.7. The van der Waals surface area contributed by atoms with E-state index in [1.54, 1.807) is 42.5 Å². The lowest BCUT2D eigenvalue weighted by atomic mass is 10.2. The van der Waals surface area contributed by atoms with E-state index in [4.69, 9.17) is 28.4 Å². The minimum absolute atomic E-state index is 0.0637. The molecule has 0 aliphatic carbocycles. The van der Waals surface area contributed by atoms with E-state index in [-0.39, 0.29) is 49.2 Å². The van der Waals surface area contributed by atoms with Crippen molar-refractivity contribution in [3.8, 4) is 34.5 Å². The predicted octanol–water partition coefficient (Wildman–Crippen LogP) is 16.3. The summed E-state index contributed by atoms with van der Waals surface area (Å²) in [6.45, 7) is 9.19. The number of sulfone groups is 6. The Morgan fingerprint density at radius 3 is 1.14 bits per heavy atom. The van der Waals surface area contributed by atoms with Crippen molar-refractivity contribution >= 4 is 162 Å². The molecule has 0 spiro atoms. The van der Waals surface area contributed by atoms with Gasteiger partial charge in [-0.3, -0.25) is 8.42 Å². The Morgan fingerprint density at radius 1 is 0.218 bits per heavy atom. The van der Waals surface area contributed by atoms with Gasteiger partial charge in [-0.2, -0.15) is 0 Å². The fraction of sp³-hybridized carbons (Fsp3) is 0.242. The Labute approximate surface area is 799 Å². The van der Waals surface area contributed by atoms with E-state index in [0.717, 1.165) is 113 Å². The standard InChI is InChI=1S/C8H10N2.C8H9NO2S.C8H9NOS.C8H9NO.C8H9NS.C8H8O4S2.C8H8O3S.C8H8O2S.C8H8O2.C8H8OS.C8H8S2.C7H6O4S2/c1-2-4-8-7(3-1)9-5-6-10-8;10-12(11)6-5-9-7-3-1-2-4-8(7)12;10-11-6-5-9-7-3-1-2-4-8(7)11;2*1-2-4-8-7(3-1)9-5-6-10-8;9-13(10)5-6-14(11,12)8-4-2-1-3-7(8)13;9-12(10)6-5-11-7-3-1-2-4-8(7)12;9-11-6-5-10-7-3-1-2-4-8(7)11;3*1-2-4-8-7(3-1)9-5-6-10-8;8-12(9)5-13(10,11)7-4-2-1-3-6(7)12/h1-4,9-10H,5-6H2;1-4,9H,5-6H2;1-4,9H,5-6H2;2*1-4,9H,5-6H2;1-4H,5-6H2;1-4H,5-6H2;1-4H,5-6H2;3*1-4H,5-6H2;1-4H,5H2. The Kier molecular flexibility index (Phi) is 36.7. The van der Waals surface area contributed by atoms with Gasteiger partial charge in [-0.15, -0.1) is 47.0 Å². The van der Waals surface area contributed by atoms with E-state index in [9.17, 15) is 58.9 Å². The molecule has 0 saturated carbocycles. The molecule has 38 heteroatoms. The third-order valence-electron chi connectivity index (χ3n) is 20.2.